The van der Waals surface area contributed by atoms with Gasteiger partial charge in [0.25, 0.3) is 5.91 Å². The van der Waals surface area contributed by atoms with Crippen LogP contribution in [0.15, 0.2) is 0 Å². The molecule has 0 unspecified atom stereocenters. The van der Waals surface area contributed by atoms with Crippen molar-refractivity contribution in [2.75, 3.05) is 19.7 Å². The van der Waals surface area contributed by atoms with Gasteiger partial charge in [0, 0.05) is 19.5 Å². The Morgan fingerprint density at radius 2 is 1.25 bits per heavy atom. The summed E-state index contributed by atoms with van der Waals surface area (Å²) in [4.78, 5) is 128. The largest absolute Gasteiger partial charge is 0.481 e. The summed E-state index contributed by atoms with van der Waals surface area (Å²) in [6, 6.07) is -11.2. The number of aliphatic hydroxyl groups excluding tert-OH is 4. The third kappa shape index (κ3) is 22.7. The van der Waals surface area contributed by atoms with Gasteiger partial charge >= 0.3 is 11.9 Å². The number of amides is 8. The van der Waals surface area contributed by atoms with Gasteiger partial charge < -0.3 is 62.5 Å². The van der Waals surface area contributed by atoms with E-state index in [1.165, 1.54) is 6.92 Å². The maximum atomic E-state index is 13.7. The average Bonchev–Trinajstić information content (AvgIpc) is 3.25. The van der Waals surface area contributed by atoms with E-state index in [1.54, 1.807) is 0 Å². The van der Waals surface area contributed by atoms with Crippen LogP contribution >= 0.6 is 0 Å². The van der Waals surface area contributed by atoms with Gasteiger partial charge in [0.05, 0.1) is 31.7 Å². The zero-order valence-corrected chi connectivity index (χ0v) is 38.2. The molecule has 9 atom stereocenters. The van der Waals surface area contributed by atoms with E-state index < -0.39 is 146 Å². The molecule has 14 N–H and O–H groups in total. The molecule has 1 rings (SSSR count). The minimum Gasteiger partial charge on any atom is -0.481 e. The Bertz CT molecular complexity index is 1670. The van der Waals surface area contributed by atoms with Crippen molar-refractivity contribution in [2.24, 2.45) is 0 Å². The van der Waals surface area contributed by atoms with Crippen molar-refractivity contribution in [1.82, 2.24) is 42.0 Å². The maximum absolute atomic E-state index is 13.7. The van der Waals surface area contributed by atoms with E-state index in [-0.39, 0.29) is 30.9 Å². The first-order valence-electron chi connectivity index (χ1n) is 22.4. The molecule has 0 aromatic carbocycles. The summed E-state index contributed by atoms with van der Waals surface area (Å²) in [6.07, 6.45) is 0.622. The SMILES string of the molecule is CCCCCCCCCCCC(=O)N[C@H](C(=O)N[C@@H](C(=O)N[C@@H](CC(=O)O)C(=O)N[C@H](CCCN(O)C(=O)C[C@H](C)O)C(=O)N[C@@H](CO)C(=O)N[C@H]1CCCN(O)C1=O)[C@@H](C)O)[C@H](O)C(=O)O. The summed E-state index contributed by atoms with van der Waals surface area (Å²) in [7, 11) is 0. The number of aliphatic hydroxyl groups is 4. The number of carbonyl (C=O) groups excluding carboxylic acids is 8. The van der Waals surface area contributed by atoms with Crippen LogP contribution in [0.1, 0.15) is 124 Å². The number of carbonyl (C=O) groups is 10. The highest BCUT2D eigenvalue weighted by atomic mass is 16.5. The number of carboxylic acids is 2. The summed E-state index contributed by atoms with van der Waals surface area (Å²) in [5, 5.41) is 92.7. The molecule has 1 aliphatic heterocycles. The molecule has 0 spiro atoms. The highest BCUT2D eigenvalue weighted by Crippen LogP contribution is 2.13. The number of carboxylic acid groups (broad SMARTS) is 2. The van der Waals surface area contributed by atoms with Crippen LogP contribution in [0.4, 0.5) is 0 Å². The van der Waals surface area contributed by atoms with Gasteiger partial charge in [-0.1, -0.05) is 58.3 Å². The quantitative estimate of drug-likeness (QED) is 0.0176. The minimum absolute atomic E-state index is 0.00315. The van der Waals surface area contributed by atoms with Crippen molar-refractivity contribution in [1.29, 1.82) is 0 Å². The second-order valence-corrected chi connectivity index (χ2v) is 16.5. The van der Waals surface area contributed by atoms with E-state index in [0.29, 0.717) is 24.3 Å². The summed E-state index contributed by atoms with van der Waals surface area (Å²) in [5.74, 6) is -12.8. The van der Waals surface area contributed by atoms with Crippen LogP contribution in [0, 0.1) is 0 Å². The van der Waals surface area contributed by atoms with Crippen molar-refractivity contribution in [2.45, 2.75) is 178 Å². The van der Waals surface area contributed by atoms with Crippen molar-refractivity contribution in [3.8, 4) is 0 Å². The Hall–Kier alpha value is -5.54. The molecule has 0 aromatic heterocycles. The lowest BCUT2D eigenvalue weighted by Gasteiger charge is -2.29. The van der Waals surface area contributed by atoms with Crippen LogP contribution in [0.3, 0.4) is 0 Å². The highest BCUT2D eigenvalue weighted by molar-refractivity contribution is 5.99. The lowest BCUT2D eigenvalue weighted by molar-refractivity contribution is -0.173. The third-order valence-electron chi connectivity index (χ3n) is 10.6. The first-order valence-corrected chi connectivity index (χ1v) is 22.4. The summed E-state index contributed by atoms with van der Waals surface area (Å²) < 4.78 is 0. The number of piperidine rings is 1. The number of hydroxylamine groups is 4. The second kappa shape index (κ2) is 31.4. The number of aliphatic carboxylic acids is 2. The predicted octanol–water partition coefficient (Wildman–Crippen LogP) is -3.11. The number of rotatable bonds is 33. The van der Waals surface area contributed by atoms with Gasteiger partial charge in [0.1, 0.15) is 36.3 Å². The van der Waals surface area contributed by atoms with Crippen molar-refractivity contribution < 1.29 is 89.0 Å². The smallest absolute Gasteiger partial charge is 0.335 e. The van der Waals surface area contributed by atoms with Crippen LogP contribution in [0.25, 0.3) is 0 Å². The fourth-order valence-electron chi connectivity index (χ4n) is 6.77. The second-order valence-electron chi connectivity index (χ2n) is 16.5. The lowest BCUT2D eigenvalue weighted by atomic mass is 10.0. The van der Waals surface area contributed by atoms with Gasteiger partial charge in [-0.25, -0.2) is 14.9 Å². The van der Waals surface area contributed by atoms with Gasteiger partial charge in [0.15, 0.2) is 6.10 Å². The van der Waals surface area contributed by atoms with Crippen LogP contribution in [0.2, 0.25) is 0 Å². The summed E-state index contributed by atoms with van der Waals surface area (Å²) in [5.41, 5.74) is 0. The molecular weight excluding hydrogens is 892 g/mol. The normalized spacial score (nSPS) is 17.2. The number of unbranched alkanes of at least 4 members (excludes halogenated alkanes) is 8. The molecule has 0 bridgehead atoms. The van der Waals surface area contributed by atoms with Crippen LogP contribution < -0.4 is 31.9 Å². The van der Waals surface area contributed by atoms with Crippen molar-refractivity contribution >= 4 is 59.2 Å². The highest BCUT2D eigenvalue weighted by Gasteiger charge is 2.39. The number of hydrogen-bond donors (Lipinski definition) is 14. The average molecular weight is 963 g/mol. The molecule has 0 aliphatic carbocycles. The van der Waals surface area contributed by atoms with E-state index in [2.05, 4.69) is 28.2 Å². The van der Waals surface area contributed by atoms with E-state index in [0.717, 1.165) is 51.9 Å². The monoisotopic (exact) mass is 962 g/mol. The fraction of sp³-hybridized carbons (Fsp3) is 0.756. The van der Waals surface area contributed by atoms with Crippen molar-refractivity contribution in [3.05, 3.63) is 0 Å². The van der Waals surface area contributed by atoms with E-state index in [4.69, 9.17) is 0 Å². The molecule has 1 heterocycles. The van der Waals surface area contributed by atoms with E-state index >= 15 is 0 Å². The van der Waals surface area contributed by atoms with Gasteiger partial charge in [0.2, 0.25) is 41.4 Å². The molecule has 67 heavy (non-hydrogen) atoms. The Balaban J connectivity index is 3.25. The molecule has 0 radical (unpaired) electrons. The van der Waals surface area contributed by atoms with Crippen LogP contribution in [-0.4, -0.2) is 185 Å². The van der Waals surface area contributed by atoms with Gasteiger partial charge in [-0.2, -0.15) is 0 Å². The molecule has 26 heteroatoms. The predicted molar refractivity (Wildman–Crippen MR) is 230 cm³/mol. The molecule has 1 fully saturated rings. The van der Waals surface area contributed by atoms with E-state index in [9.17, 15) is 89.0 Å². The zero-order valence-electron chi connectivity index (χ0n) is 38.2. The molecule has 1 aliphatic rings. The van der Waals surface area contributed by atoms with Gasteiger partial charge in [-0.05, 0) is 46.0 Å². The topological polar surface area (TPSA) is 411 Å². The number of hydrogen-bond acceptors (Lipinski definition) is 16. The molecule has 382 valence electrons. The first-order chi connectivity index (χ1) is 31.5. The molecular formula is C41H70N8O18. The summed E-state index contributed by atoms with van der Waals surface area (Å²) >= 11 is 0. The Labute approximate surface area is 387 Å². The maximum Gasteiger partial charge on any atom is 0.335 e. The lowest BCUT2D eigenvalue weighted by Crippen LogP contribution is -2.63. The molecule has 0 aromatic rings. The van der Waals surface area contributed by atoms with Crippen molar-refractivity contribution in [3.63, 3.8) is 0 Å². The molecule has 0 saturated carbocycles. The molecule has 8 amide bonds. The van der Waals surface area contributed by atoms with Gasteiger partial charge in [-0.3, -0.25) is 53.6 Å². The van der Waals surface area contributed by atoms with Crippen LogP contribution in [0.5, 0.6) is 0 Å². The zero-order chi connectivity index (χ0) is 50.8. The molecule has 26 nitrogen and oxygen atoms in total. The summed E-state index contributed by atoms with van der Waals surface area (Å²) in [6.45, 7) is 2.83. The Kier molecular flexibility index (Phi) is 27.9. The number of nitrogens with zero attached hydrogens (tertiary/aromatic N) is 2. The Morgan fingerprint density at radius 3 is 1.81 bits per heavy atom. The van der Waals surface area contributed by atoms with E-state index in [1.807, 2.05) is 10.6 Å². The first kappa shape index (κ1) is 59.5. The standard InChI is InChI=1S/C41H70N8O18/c1-4-5-6-7-8-9-10-11-12-17-29(53)46-33(34(57)41(64)65)39(62)47-32(24(3)52)38(61)44-27(21-31(55)56)36(59)42-25(15-13-18-48(66)30(54)20-23(2)51)35(58)45-28(22-50)37(60)43-26-16-14-19-49(67)40(26)63/h23-28,32-34,50-52,57,66-67H,4-22H2,1-3H3,(H,42,59)(H,43,60)(H,44,61)(H,45,58)(H,46,53)(H,47,62)(H,55,56)(H,64,65)/t23-,24+,25+,26-,27-,28-,32+,33-,34-/m0/s1. The minimum atomic E-state index is -2.54. The third-order valence-corrected chi connectivity index (χ3v) is 10.6. The van der Waals surface area contributed by atoms with Gasteiger partial charge in [-0.15, -0.1) is 0 Å². The molecule has 1 saturated heterocycles. The number of nitrogens with one attached hydrogen (secondary N) is 6. The van der Waals surface area contributed by atoms with Crippen LogP contribution in [-0.2, 0) is 47.9 Å². The Morgan fingerprint density at radius 1 is 0.701 bits per heavy atom. The fourth-order valence-corrected chi connectivity index (χ4v) is 6.77.